The van der Waals surface area contributed by atoms with E-state index in [4.69, 9.17) is 4.74 Å². The van der Waals surface area contributed by atoms with Gasteiger partial charge in [-0.1, -0.05) is 6.07 Å². The van der Waals surface area contributed by atoms with Crippen molar-refractivity contribution in [2.45, 2.75) is 26.2 Å². The SMILES string of the molecule is Cc1[c]ccc(OCCCN2CCCC2=O)c1F. The van der Waals surface area contributed by atoms with E-state index in [1.807, 2.05) is 4.90 Å². The molecule has 0 saturated carbocycles. The minimum atomic E-state index is -0.352. The lowest BCUT2D eigenvalue weighted by Crippen LogP contribution is -2.26. The standard InChI is InChI=1S/C14H17FNO2/c1-11-5-2-6-12(14(11)15)18-10-4-9-16-8-3-7-13(16)17/h2,6H,3-4,7-10H2,1H3. The molecule has 1 aliphatic heterocycles. The molecule has 1 fully saturated rings. The van der Waals surface area contributed by atoms with E-state index in [9.17, 15) is 9.18 Å². The summed E-state index contributed by atoms with van der Waals surface area (Å²) in [4.78, 5) is 13.2. The zero-order chi connectivity index (χ0) is 13.0. The number of rotatable bonds is 5. The molecule has 97 valence electrons. The Morgan fingerprint density at radius 3 is 3.11 bits per heavy atom. The molecule has 18 heavy (non-hydrogen) atoms. The van der Waals surface area contributed by atoms with Crippen molar-refractivity contribution in [2.75, 3.05) is 19.7 Å². The molecule has 1 radical (unpaired) electrons. The molecule has 0 aromatic heterocycles. The molecular formula is C14H17FNO2. The molecule has 0 aliphatic carbocycles. The third-order valence-electron chi connectivity index (χ3n) is 3.08. The Hall–Kier alpha value is -1.58. The van der Waals surface area contributed by atoms with Gasteiger partial charge in [-0.25, -0.2) is 4.39 Å². The fourth-order valence-corrected chi connectivity index (χ4v) is 2.05. The van der Waals surface area contributed by atoms with Crippen molar-refractivity contribution >= 4 is 5.91 Å². The smallest absolute Gasteiger partial charge is 0.222 e. The number of carbonyl (C=O) groups is 1. The normalized spacial score (nSPS) is 15.2. The Bertz CT molecular complexity index is 434. The monoisotopic (exact) mass is 250 g/mol. The summed E-state index contributed by atoms with van der Waals surface area (Å²) in [6, 6.07) is 6.00. The van der Waals surface area contributed by atoms with Crippen LogP contribution in [-0.2, 0) is 4.79 Å². The number of ether oxygens (including phenoxy) is 1. The first-order valence-corrected chi connectivity index (χ1v) is 6.26. The van der Waals surface area contributed by atoms with Crippen LogP contribution in [0.25, 0.3) is 0 Å². The highest BCUT2D eigenvalue weighted by atomic mass is 19.1. The van der Waals surface area contributed by atoms with E-state index < -0.39 is 0 Å². The first-order valence-electron chi connectivity index (χ1n) is 6.26. The molecule has 0 spiro atoms. The number of aryl methyl sites for hydroxylation is 1. The van der Waals surface area contributed by atoms with Gasteiger partial charge < -0.3 is 9.64 Å². The summed E-state index contributed by atoms with van der Waals surface area (Å²) in [5, 5.41) is 0. The topological polar surface area (TPSA) is 29.5 Å². The lowest BCUT2D eigenvalue weighted by atomic mass is 10.2. The molecule has 1 aliphatic rings. The molecule has 0 unspecified atom stereocenters. The van der Waals surface area contributed by atoms with E-state index in [-0.39, 0.29) is 17.5 Å². The van der Waals surface area contributed by atoms with Crippen LogP contribution in [-0.4, -0.2) is 30.5 Å². The van der Waals surface area contributed by atoms with Gasteiger partial charge in [-0.05, 0) is 37.5 Å². The average molecular weight is 250 g/mol. The van der Waals surface area contributed by atoms with Gasteiger partial charge in [0.2, 0.25) is 5.91 Å². The van der Waals surface area contributed by atoms with Crippen LogP contribution in [0, 0.1) is 18.8 Å². The largest absolute Gasteiger partial charge is 0.490 e. The summed E-state index contributed by atoms with van der Waals surface area (Å²) in [5.74, 6) is 0.125. The van der Waals surface area contributed by atoms with Gasteiger partial charge in [-0.15, -0.1) is 0 Å². The molecule has 4 heteroatoms. The molecule has 3 nitrogen and oxygen atoms in total. The number of carbonyl (C=O) groups excluding carboxylic acids is 1. The van der Waals surface area contributed by atoms with Gasteiger partial charge >= 0.3 is 0 Å². The van der Waals surface area contributed by atoms with Gasteiger partial charge in [0.15, 0.2) is 11.6 Å². The first kappa shape index (κ1) is 12.9. The van der Waals surface area contributed by atoms with Crippen molar-refractivity contribution in [1.82, 2.24) is 4.90 Å². The van der Waals surface area contributed by atoms with Gasteiger partial charge in [0.05, 0.1) is 6.61 Å². The van der Waals surface area contributed by atoms with Crippen LogP contribution in [0.15, 0.2) is 12.1 Å². The molecule has 2 rings (SSSR count). The van der Waals surface area contributed by atoms with Crippen LogP contribution in [0.5, 0.6) is 5.75 Å². The Balaban J connectivity index is 1.75. The predicted octanol–water partition coefficient (Wildman–Crippen LogP) is 2.33. The van der Waals surface area contributed by atoms with E-state index in [0.717, 1.165) is 19.4 Å². The van der Waals surface area contributed by atoms with Crippen LogP contribution in [0.1, 0.15) is 24.8 Å². The third kappa shape index (κ3) is 3.00. The maximum atomic E-state index is 13.6. The van der Waals surface area contributed by atoms with Crippen LogP contribution >= 0.6 is 0 Å². The number of nitrogens with zero attached hydrogens (tertiary/aromatic N) is 1. The summed E-state index contributed by atoms with van der Waals surface area (Å²) in [6.07, 6.45) is 2.33. The van der Waals surface area contributed by atoms with E-state index >= 15 is 0 Å². The highest BCUT2D eigenvalue weighted by Gasteiger charge is 2.19. The second kappa shape index (κ2) is 5.85. The van der Waals surface area contributed by atoms with Crippen molar-refractivity contribution in [3.8, 4) is 5.75 Å². The molecule has 1 aromatic carbocycles. The molecule has 1 aromatic rings. The van der Waals surface area contributed by atoms with Crippen molar-refractivity contribution in [3.05, 3.63) is 29.6 Å². The van der Waals surface area contributed by atoms with Gasteiger partial charge in [0, 0.05) is 19.5 Å². The summed E-state index contributed by atoms with van der Waals surface area (Å²) >= 11 is 0. The van der Waals surface area contributed by atoms with Crippen molar-refractivity contribution in [1.29, 1.82) is 0 Å². The quantitative estimate of drug-likeness (QED) is 0.751. The van der Waals surface area contributed by atoms with Gasteiger partial charge in [-0.2, -0.15) is 0 Å². The molecule has 0 atom stereocenters. The molecule has 1 heterocycles. The maximum absolute atomic E-state index is 13.6. The minimum absolute atomic E-state index is 0.214. The van der Waals surface area contributed by atoms with Crippen molar-refractivity contribution < 1.29 is 13.9 Å². The van der Waals surface area contributed by atoms with E-state index in [1.165, 1.54) is 0 Å². The summed E-state index contributed by atoms with van der Waals surface area (Å²) < 4.78 is 19.0. The second-order valence-corrected chi connectivity index (χ2v) is 4.47. The van der Waals surface area contributed by atoms with Gasteiger partial charge in [0.25, 0.3) is 0 Å². The highest BCUT2D eigenvalue weighted by Crippen LogP contribution is 2.19. The number of hydrogen-bond acceptors (Lipinski definition) is 2. The van der Waals surface area contributed by atoms with Crippen molar-refractivity contribution in [2.24, 2.45) is 0 Å². The second-order valence-electron chi connectivity index (χ2n) is 4.47. The Morgan fingerprint density at radius 2 is 2.39 bits per heavy atom. The van der Waals surface area contributed by atoms with Crippen LogP contribution < -0.4 is 4.74 Å². The van der Waals surface area contributed by atoms with Crippen LogP contribution in [0.4, 0.5) is 4.39 Å². The van der Waals surface area contributed by atoms with Crippen molar-refractivity contribution in [3.63, 3.8) is 0 Å². The predicted molar refractivity (Wildman–Crippen MR) is 65.9 cm³/mol. The van der Waals surface area contributed by atoms with E-state index in [1.54, 1.807) is 19.1 Å². The lowest BCUT2D eigenvalue weighted by molar-refractivity contribution is -0.127. The van der Waals surface area contributed by atoms with Crippen LogP contribution in [0.3, 0.4) is 0 Å². The van der Waals surface area contributed by atoms with Gasteiger partial charge in [-0.3, -0.25) is 4.79 Å². The summed E-state index contributed by atoms with van der Waals surface area (Å²) in [5.41, 5.74) is 0.460. The zero-order valence-corrected chi connectivity index (χ0v) is 10.5. The fraction of sp³-hybridized carbons (Fsp3) is 0.500. The molecule has 1 saturated heterocycles. The number of likely N-dealkylation sites (tertiary alicyclic amines) is 1. The Morgan fingerprint density at radius 1 is 1.56 bits per heavy atom. The van der Waals surface area contributed by atoms with E-state index in [0.29, 0.717) is 25.1 Å². The maximum Gasteiger partial charge on any atom is 0.222 e. The number of halogens is 1. The Kier molecular flexibility index (Phi) is 4.18. The summed E-state index contributed by atoms with van der Waals surface area (Å²) in [6.45, 7) is 3.61. The molecular weight excluding hydrogens is 233 g/mol. The summed E-state index contributed by atoms with van der Waals surface area (Å²) in [7, 11) is 0. The van der Waals surface area contributed by atoms with Gasteiger partial charge in [0.1, 0.15) is 0 Å². The number of hydrogen-bond donors (Lipinski definition) is 0. The van der Waals surface area contributed by atoms with E-state index in [2.05, 4.69) is 6.07 Å². The molecule has 1 amide bonds. The average Bonchev–Trinajstić information content (AvgIpc) is 2.76. The van der Waals surface area contributed by atoms with Crippen LogP contribution in [0.2, 0.25) is 0 Å². The first-order chi connectivity index (χ1) is 8.68. The fourth-order valence-electron chi connectivity index (χ4n) is 2.05. The molecule has 0 bridgehead atoms. The Labute approximate surface area is 107 Å². The number of benzene rings is 1. The molecule has 0 N–H and O–H groups in total. The lowest BCUT2D eigenvalue weighted by Gasteiger charge is -2.15. The highest BCUT2D eigenvalue weighted by molar-refractivity contribution is 5.77. The number of amides is 1. The third-order valence-corrected chi connectivity index (χ3v) is 3.08. The minimum Gasteiger partial charge on any atom is -0.490 e. The zero-order valence-electron chi connectivity index (χ0n) is 10.5.